The van der Waals surface area contributed by atoms with Crippen LogP contribution in [-0.4, -0.2) is 32.9 Å². The monoisotopic (exact) mass is 357 g/mol. The Morgan fingerprint density at radius 2 is 1.54 bits per heavy atom. The van der Waals surface area contributed by atoms with Crippen molar-refractivity contribution in [2.24, 2.45) is 0 Å². The van der Waals surface area contributed by atoms with Gasteiger partial charge in [0.2, 0.25) is 0 Å². The molecule has 0 saturated carbocycles. The van der Waals surface area contributed by atoms with Gasteiger partial charge in [-0.05, 0) is 58.5 Å². The topological polar surface area (TPSA) is 39.7 Å². The van der Waals surface area contributed by atoms with E-state index < -0.39 is 0 Å². The molecule has 0 unspecified atom stereocenters. The number of nitrogens with one attached hydrogen (secondary N) is 1. The van der Waals surface area contributed by atoms with Crippen LogP contribution in [0.2, 0.25) is 0 Å². The Bertz CT molecular complexity index is 680. The van der Waals surface area contributed by atoms with Crippen molar-refractivity contribution in [1.29, 1.82) is 0 Å². The van der Waals surface area contributed by atoms with E-state index in [0.29, 0.717) is 0 Å². The third-order valence-corrected chi connectivity index (χ3v) is 4.02. The highest BCUT2D eigenvalue weighted by atomic mass is 16.5. The molecule has 1 atom stereocenters. The number of benzene rings is 2. The van der Waals surface area contributed by atoms with Gasteiger partial charge in [-0.25, -0.2) is 0 Å². The Hall–Kier alpha value is -2.20. The van der Waals surface area contributed by atoms with E-state index in [2.05, 4.69) is 23.5 Å². The van der Waals surface area contributed by atoms with E-state index in [4.69, 9.17) is 14.2 Å². The average molecular weight is 357 g/mol. The summed E-state index contributed by atoms with van der Waals surface area (Å²) >= 11 is 0. The molecule has 2 aromatic rings. The highest BCUT2D eigenvalue weighted by Crippen LogP contribution is 2.39. The molecule has 4 heteroatoms. The van der Waals surface area contributed by atoms with Crippen LogP contribution in [0.3, 0.4) is 0 Å². The van der Waals surface area contributed by atoms with Gasteiger partial charge in [-0.15, -0.1) is 0 Å². The van der Waals surface area contributed by atoms with E-state index >= 15 is 0 Å². The van der Waals surface area contributed by atoms with Gasteiger partial charge >= 0.3 is 0 Å². The lowest BCUT2D eigenvalue weighted by molar-refractivity contribution is 0.227. The van der Waals surface area contributed by atoms with Crippen molar-refractivity contribution in [3.8, 4) is 17.2 Å². The minimum Gasteiger partial charge on any atom is -0.493 e. The van der Waals surface area contributed by atoms with Gasteiger partial charge in [-0.1, -0.05) is 24.3 Å². The summed E-state index contributed by atoms with van der Waals surface area (Å²) in [4.78, 5) is 0. The molecular weight excluding hydrogens is 326 g/mol. The molecule has 2 rings (SSSR count). The van der Waals surface area contributed by atoms with E-state index in [1.807, 2.05) is 59.0 Å². The van der Waals surface area contributed by atoms with Gasteiger partial charge < -0.3 is 19.5 Å². The first-order chi connectivity index (χ1) is 12.5. The van der Waals surface area contributed by atoms with Crippen LogP contribution in [0.15, 0.2) is 42.5 Å². The Balaban J connectivity index is 2.43. The van der Waals surface area contributed by atoms with Crippen molar-refractivity contribution < 1.29 is 14.2 Å². The SMILES string of the molecule is CNC[C@@H](c1ccc(OC(C)C)cc1)c1cccc(OC)c1OC(C)C. The molecule has 0 fully saturated rings. The quantitative estimate of drug-likeness (QED) is 0.711. The summed E-state index contributed by atoms with van der Waals surface area (Å²) in [5.74, 6) is 2.61. The van der Waals surface area contributed by atoms with Crippen molar-refractivity contribution in [2.75, 3.05) is 20.7 Å². The molecule has 142 valence electrons. The van der Waals surface area contributed by atoms with Gasteiger partial charge in [-0.3, -0.25) is 0 Å². The maximum Gasteiger partial charge on any atom is 0.165 e. The van der Waals surface area contributed by atoms with E-state index in [0.717, 1.165) is 29.4 Å². The second-order valence-electron chi connectivity index (χ2n) is 6.89. The molecule has 0 heterocycles. The molecule has 0 spiro atoms. The van der Waals surface area contributed by atoms with Gasteiger partial charge in [0.25, 0.3) is 0 Å². The summed E-state index contributed by atoms with van der Waals surface area (Å²) < 4.78 is 17.4. The lowest BCUT2D eigenvalue weighted by Gasteiger charge is -2.24. The first-order valence-corrected chi connectivity index (χ1v) is 9.21. The maximum atomic E-state index is 6.12. The van der Waals surface area contributed by atoms with Crippen LogP contribution >= 0.6 is 0 Å². The minimum absolute atomic E-state index is 0.0714. The first-order valence-electron chi connectivity index (χ1n) is 9.21. The number of likely N-dealkylation sites (N-methyl/N-ethyl adjacent to an activating group) is 1. The largest absolute Gasteiger partial charge is 0.493 e. The van der Waals surface area contributed by atoms with Crippen LogP contribution in [0.4, 0.5) is 0 Å². The zero-order valence-electron chi connectivity index (χ0n) is 16.7. The van der Waals surface area contributed by atoms with Crippen LogP contribution in [0.1, 0.15) is 44.7 Å². The fourth-order valence-corrected chi connectivity index (χ4v) is 2.99. The number of hydrogen-bond donors (Lipinski definition) is 1. The Morgan fingerprint density at radius 3 is 2.08 bits per heavy atom. The Kier molecular flexibility index (Phi) is 7.34. The third kappa shape index (κ3) is 5.15. The summed E-state index contributed by atoms with van der Waals surface area (Å²) in [5, 5.41) is 3.30. The molecule has 0 aliphatic heterocycles. The van der Waals surface area contributed by atoms with Gasteiger partial charge in [-0.2, -0.15) is 0 Å². The summed E-state index contributed by atoms with van der Waals surface area (Å²) in [6, 6.07) is 14.4. The zero-order chi connectivity index (χ0) is 19.1. The number of rotatable bonds is 9. The predicted molar refractivity (Wildman–Crippen MR) is 107 cm³/mol. The molecular formula is C22H31NO3. The Morgan fingerprint density at radius 1 is 0.885 bits per heavy atom. The molecule has 0 aliphatic carbocycles. The molecule has 0 aromatic heterocycles. The lowest BCUT2D eigenvalue weighted by atomic mass is 9.90. The number of methoxy groups -OCH3 is 1. The number of hydrogen-bond acceptors (Lipinski definition) is 4. The van der Waals surface area contributed by atoms with Crippen LogP contribution in [0, 0.1) is 0 Å². The second-order valence-corrected chi connectivity index (χ2v) is 6.89. The predicted octanol–water partition coefficient (Wildman–Crippen LogP) is 4.62. The van der Waals surface area contributed by atoms with Crippen molar-refractivity contribution in [3.05, 3.63) is 53.6 Å². The molecule has 0 amide bonds. The van der Waals surface area contributed by atoms with Crippen molar-refractivity contribution in [1.82, 2.24) is 5.32 Å². The molecule has 0 aliphatic rings. The molecule has 0 radical (unpaired) electrons. The van der Waals surface area contributed by atoms with E-state index in [-0.39, 0.29) is 18.1 Å². The fourth-order valence-electron chi connectivity index (χ4n) is 2.99. The van der Waals surface area contributed by atoms with Crippen molar-refractivity contribution >= 4 is 0 Å². The van der Waals surface area contributed by atoms with Gasteiger partial charge in [0.05, 0.1) is 19.3 Å². The minimum atomic E-state index is 0.0714. The first kappa shape index (κ1) is 20.1. The zero-order valence-corrected chi connectivity index (χ0v) is 16.7. The molecule has 26 heavy (non-hydrogen) atoms. The summed E-state index contributed by atoms with van der Waals surface area (Å²) in [5.41, 5.74) is 2.32. The Labute approximate surface area is 157 Å². The standard InChI is InChI=1S/C22H31NO3/c1-15(2)25-18-12-10-17(11-13-18)20(14-23-5)19-8-7-9-21(24-6)22(19)26-16(3)4/h7-13,15-16,20,23H,14H2,1-6H3/t20-/m0/s1. The van der Waals surface area contributed by atoms with Gasteiger partial charge in [0, 0.05) is 18.0 Å². The number of para-hydroxylation sites is 1. The van der Waals surface area contributed by atoms with Gasteiger partial charge in [0.1, 0.15) is 5.75 Å². The van der Waals surface area contributed by atoms with Crippen molar-refractivity contribution in [2.45, 2.75) is 45.8 Å². The second kappa shape index (κ2) is 9.48. The van der Waals surface area contributed by atoms with E-state index in [1.165, 1.54) is 5.56 Å². The van der Waals surface area contributed by atoms with Crippen LogP contribution in [-0.2, 0) is 0 Å². The van der Waals surface area contributed by atoms with Crippen molar-refractivity contribution in [3.63, 3.8) is 0 Å². The molecule has 2 aromatic carbocycles. The fraction of sp³-hybridized carbons (Fsp3) is 0.455. The van der Waals surface area contributed by atoms with Gasteiger partial charge in [0.15, 0.2) is 11.5 Å². The van der Waals surface area contributed by atoms with Crippen LogP contribution < -0.4 is 19.5 Å². The van der Waals surface area contributed by atoms with Crippen LogP contribution in [0.25, 0.3) is 0 Å². The molecule has 4 nitrogen and oxygen atoms in total. The van der Waals surface area contributed by atoms with E-state index in [9.17, 15) is 0 Å². The lowest BCUT2D eigenvalue weighted by Crippen LogP contribution is -2.20. The smallest absolute Gasteiger partial charge is 0.165 e. The highest BCUT2D eigenvalue weighted by molar-refractivity contribution is 5.51. The number of ether oxygens (including phenoxy) is 3. The molecule has 0 saturated heterocycles. The average Bonchev–Trinajstić information content (AvgIpc) is 2.60. The van der Waals surface area contributed by atoms with Crippen LogP contribution in [0.5, 0.6) is 17.2 Å². The maximum absolute atomic E-state index is 6.12. The summed E-state index contributed by atoms with van der Waals surface area (Å²) in [6.07, 6.45) is 0.237. The highest BCUT2D eigenvalue weighted by Gasteiger charge is 2.21. The molecule has 0 bridgehead atoms. The summed E-state index contributed by atoms with van der Waals surface area (Å²) in [7, 11) is 3.64. The third-order valence-electron chi connectivity index (χ3n) is 4.02. The van der Waals surface area contributed by atoms with E-state index in [1.54, 1.807) is 7.11 Å². The summed E-state index contributed by atoms with van der Waals surface area (Å²) in [6.45, 7) is 8.92. The molecule has 1 N–H and O–H groups in total. The normalized spacial score (nSPS) is 12.3.